The summed E-state index contributed by atoms with van der Waals surface area (Å²) in [5, 5.41) is 8.69. The zero-order valence-electron chi connectivity index (χ0n) is 12.3. The van der Waals surface area contributed by atoms with Gasteiger partial charge in [0.05, 0.1) is 0 Å². The van der Waals surface area contributed by atoms with Gasteiger partial charge in [-0.15, -0.1) is 0 Å². The summed E-state index contributed by atoms with van der Waals surface area (Å²) in [6.45, 7) is 0. The second kappa shape index (κ2) is 7.88. The van der Waals surface area contributed by atoms with Crippen molar-refractivity contribution in [1.29, 1.82) is 0 Å². The molecule has 0 heterocycles. The molecule has 0 saturated heterocycles. The molecule has 0 fully saturated rings. The van der Waals surface area contributed by atoms with Gasteiger partial charge in [0.2, 0.25) is 0 Å². The molecule has 0 radical (unpaired) electrons. The molecule has 0 aliphatic rings. The maximum atomic E-state index is 10.6. The van der Waals surface area contributed by atoms with Crippen LogP contribution in [0.2, 0.25) is 0 Å². The maximum absolute atomic E-state index is 10.6. The van der Waals surface area contributed by atoms with E-state index in [0.717, 1.165) is 23.1 Å². The first kappa shape index (κ1) is 16.4. The van der Waals surface area contributed by atoms with Crippen molar-refractivity contribution in [3.05, 3.63) is 54.1 Å². The summed E-state index contributed by atoms with van der Waals surface area (Å²) in [5.41, 5.74) is 0.889. The molecule has 0 spiro atoms. The van der Waals surface area contributed by atoms with Crippen LogP contribution in [0.15, 0.2) is 48.5 Å². The molecule has 2 aromatic carbocycles. The van der Waals surface area contributed by atoms with Crippen LogP contribution in [-0.2, 0) is 4.79 Å². The van der Waals surface area contributed by atoms with E-state index in [0.29, 0.717) is 0 Å². The summed E-state index contributed by atoms with van der Waals surface area (Å²) in [6.07, 6.45) is 2.75. The Morgan fingerprint density at radius 2 is 1.73 bits per heavy atom. The number of aliphatic carboxylic acids is 1. The molecule has 0 aromatic heterocycles. The van der Waals surface area contributed by atoms with Crippen LogP contribution in [0, 0.1) is 0 Å². The number of hydrogen-bond donors (Lipinski definition) is 1. The normalized spacial score (nSPS) is 10.6. The Hall–Kier alpha value is -1.96. The minimum absolute atomic E-state index is 0.605. The third-order valence-corrected chi connectivity index (χ3v) is 5.58. The fourth-order valence-electron chi connectivity index (χ4n) is 1.83. The van der Waals surface area contributed by atoms with Crippen LogP contribution in [0.5, 0.6) is 11.5 Å². The summed E-state index contributed by atoms with van der Waals surface area (Å²) in [5.74, 6) is 0.613. The van der Waals surface area contributed by atoms with Gasteiger partial charge in [-0.05, 0) is 0 Å². The molecule has 0 amide bonds. The zero-order valence-corrected chi connectivity index (χ0v) is 14.6. The predicted octanol–water partition coefficient (Wildman–Crippen LogP) is 1.46. The minimum atomic E-state index is -0.945. The van der Waals surface area contributed by atoms with E-state index in [1.165, 1.54) is 7.22 Å². The van der Waals surface area contributed by atoms with E-state index >= 15 is 0 Å². The van der Waals surface area contributed by atoms with Gasteiger partial charge in [-0.25, -0.2) is 0 Å². The van der Waals surface area contributed by atoms with Crippen molar-refractivity contribution in [3.63, 3.8) is 0 Å². The number of carboxylic acids is 1. The van der Waals surface area contributed by atoms with Crippen molar-refractivity contribution >= 4 is 40.2 Å². The summed E-state index contributed by atoms with van der Waals surface area (Å²) >= 11 is -0.605. The van der Waals surface area contributed by atoms with Crippen LogP contribution in [0.4, 0.5) is 0 Å². The van der Waals surface area contributed by atoms with E-state index in [4.69, 9.17) is 14.6 Å². The predicted molar refractivity (Wildman–Crippen MR) is 87.7 cm³/mol. The Bertz CT molecular complexity index is 673. The monoisotopic (exact) mass is 414 g/mol. The van der Waals surface area contributed by atoms with E-state index in [1.807, 2.05) is 36.4 Å². The molecule has 0 unspecified atom stereocenters. The summed E-state index contributed by atoms with van der Waals surface area (Å²) in [6, 6.07) is 13.8. The van der Waals surface area contributed by atoms with Gasteiger partial charge < -0.3 is 0 Å². The number of carboxylic acid groups (broad SMARTS) is 1. The van der Waals surface area contributed by atoms with Gasteiger partial charge in [0, 0.05) is 0 Å². The van der Waals surface area contributed by atoms with Crippen LogP contribution >= 0.6 is 0 Å². The van der Waals surface area contributed by atoms with Gasteiger partial charge in [0.15, 0.2) is 0 Å². The van der Waals surface area contributed by atoms with Crippen molar-refractivity contribution in [1.82, 2.24) is 0 Å². The molecule has 5 heteroatoms. The molecule has 2 aromatic rings. The fraction of sp³-hybridized carbons (Fsp3) is 0.118. The number of benzene rings is 2. The molecule has 1 N–H and O–H groups in total. The number of ether oxygens (including phenoxy) is 2. The fourth-order valence-corrected chi connectivity index (χ4v) is 4.58. The Balaban J connectivity index is 2.23. The first-order valence-corrected chi connectivity index (χ1v) is 8.86. The number of methoxy groups -OCH3 is 2. The zero-order chi connectivity index (χ0) is 15.9. The third kappa shape index (κ3) is 4.80. The van der Waals surface area contributed by atoms with Crippen LogP contribution in [0.1, 0.15) is 5.56 Å². The molecule has 114 valence electrons. The molecule has 0 bridgehead atoms. The summed E-state index contributed by atoms with van der Waals surface area (Å²) in [7, 11) is 3.27. The first-order valence-electron chi connectivity index (χ1n) is 6.52. The van der Waals surface area contributed by atoms with Crippen LogP contribution in [0.25, 0.3) is 6.08 Å². The van der Waals surface area contributed by atoms with E-state index in [-0.39, 0.29) is 0 Å². The van der Waals surface area contributed by atoms with E-state index in [2.05, 4.69) is 6.07 Å². The van der Waals surface area contributed by atoms with Crippen molar-refractivity contribution in [2.24, 2.45) is 0 Å². The standard InChI is InChI=1S/C17H16O4Te/c1-20-13-9-14(21-2)11-16(10-13)22-15-5-3-4-12(8-15)6-7-17(18)19/h3-11H,1-2H3,(H,18,19). The molecule has 0 atom stereocenters. The topological polar surface area (TPSA) is 55.8 Å². The van der Waals surface area contributed by atoms with Gasteiger partial charge in [-0.3, -0.25) is 0 Å². The molecule has 22 heavy (non-hydrogen) atoms. The van der Waals surface area contributed by atoms with Gasteiger partial charge >= 0.3 is 139 Å². The molecule has 2 rings (SSSR count). The molecule has 4 nitrogen and oxygen atoms in total. The van der Waals surface area contributed by atoms with Crippen LogP contribution in [0.3, 0.4) is 0 Å². The molecular weight excluding hydrogens is 396 g/mol. The third-order valence-electron chi connectivity index (χ3n) is 2.84. The van der Waals surface area contributed by atoms with Gasteiger partial charge in [-0.2, -0.15) is 0 Å². The van der Waals surface area contributed by atoms with Gasteiger partial charge in [0.25, 0.3) is 0 Å². The first-order chi connectivity index (χ1) is 10.6. The van der Waals surface area contributed by atoms with E-state index in [1.54, 1.807) is 20.3 Å². The van der Waals surface area contributed by atoms with E-state index in [9.17, 15) is 4.79 Å². The van der Waals surface area contributed by atoms with Crippen molar-refractivity contribution in [2.45, 2.75) is 0 Å². The van der Waals surface area contributed by atoms with Crippen molar-refractivity contribution in [2.75, 3.05) is 14.2 Å². The second-order valence-electron chi connectivity index (χ2n) is 4.39. The Labute approximate surface area is 139 Å². The molecule has 0 saturated carbocycles. The number of rotatable bonds is 6. The Morgan fingerprint density at radius 3 is 2.32 bits per heavy atom. The quantitative estimate of drug-likeness (QED) is 0.577. The Morgan fingerprint density at radius 1 is 1.05 bits per heavy atom. The SMILES string of the molecule is COc1cc(OC)cc([Te]c2cccc(C=CC(=O)O)c2)c1. The molecule has 0 aliphatic carbocycles. The number of hydrogen-bond acceptors (Lipinski definition) is 3. The van der Waals surface area contributed by atoms with Crippen LogP contribution in [-0.4, -0.2) is 46.2 Å². The summed E-state index contributed by atoms with van der Waals surface area (Å²) < 4.78 is 13.0. The second-order valence-corrected chi connectivity index (χ2v) is 7.67. The van der Waals surface area contributed by atoms with Crippen LogP contribution < -0.4 is 16.7 Å². The summed E-state index contributed by atoms with van der Waals surface area (Å²) in [4.78, 5) is 10.6. The van der Waals surface area contributed by atoms with Crippen molar-refractivity contribution < 1.29 is 19.4 Å². The average molecular weight is 412 g/mol. The molecular formula is C17H16O4Te. The van der Waals surface area contributed by atoms with Gasteiger partial charge in [-0.1, -0.05) is 0 Å². The average Bonchev–Trinajstić information content (AvgIpc) is 2.52. The number of carbonyl (C=O) groups is 1. The Kier molecular flexibility index (Phi) is 5.88. The van der Waals surface area contributed by atoms with Gasteiger partial charge in [0.1, 0.15) is 0 Å². The molecule has 0 aliphatic heterocycles. The van der Waals surface area contributed by atoms with E-state index < -0.39 is 26.9 Å². The van der Waals surface area contributed by atoms with Crippen molar-refractivity contribution in [3.8, 4) is 11.5 Å².